The standard InChI is InChI=1S/C25H26F2N4O2/c1-5-31(23(32)21-14(2)33-13-28-21)12-25-10-9-16(24(25,3)4)15-11-19(29-30-22(15)25)20-17(26)7-6-8-18(20)27/h6-8,11,13,16H,5,9-10,12H2,1-4H3/t16-,25-/m0/s1. The molecule has 0 spiro atoms. The first kappa shape index (κ1) is 21.7. The Morgan fingerprint density at radius 3 is 2.61 bits per heavy atom. The molecule has 0 unspecified atom stereocenters. The maximum Gasteiger partial charge on any atom is 0.276 e. The van der Waals surface area contributed by atoms with Crippen molar-refractivity contribution in [3.63, 3.8) is 0 Å². The number of fused-ring (bicyclic) bond motifs is 5. The van der Waals surface area contributed by atoms with E-state index in [-0.39, 0.29) is 28.5 Å². The van der Waals surface area contributed by atoms with Crippen molar-refractivity contribution in [1.82, 2.24) is 20.1 Å². The fraction of sp³-hybridized carbons (Fsp3) is 0.440. The molecule has 2 aliphatic rings. The van der Waals surface area contributed by atoms with Gasteiger partial charge in [-0.1, -0.05) is 19.9 Å². The summed E-state index contributed by atoms with van der Waals surface area (Å²) >= 11 is 0. The summed E-state index contributed by atoms with van der Waals surface area (Å²) in [6.07, 6.45) is 3.06. The van der Waals surface area contributed by atoms with E-state index in [0.717, 1.165) is 24.1 Å². The molecular weight excluding hydrogens is 426 g/mol. The summed E-state index contributed by atoms with van der Waals surface area (Å²) in [5.74, 6) is -0.843. The fourth-order valence-corrected chi connectivity index (χ4v) is 5.95. The van der Waals surface area contributed by atoms with Crippen LogP contribution in [0.15, 0.2) is 35.1 Å². The van der Waals surface area contributed by atoms with Gasteiger partial charge in [0.25, 0.3) is 5.91 Å². The minimum Gasteiger partial charge on any atom is -0.448 e. The van der Waals surface area contributed by atoms with Crippen LogP contribution in [0.1, 0.15) is 67.0 Å². The summed E-state index contributed by atoms with van der Waals surface area (Å²) in [6.45, 7) is 9.02. The highest BCUT2D eigenvalue weighted by Gasteiger charge is 2.64. The molecule has 172 valence electrons. The van der Waals surface area contributed by atoms with E-state index >= 15 is 0 Å². The number of oxazole rings is 1. The smallest absolute Gasteiger partial charge is 0.276 e. The molecule has 1 fully saturated rings. The van der Waals surface area contributed by atoms with Crippen molar-refractivity contribution >= 4 is 5.91 Å². The number of benzene rings is 1. The van der Waals surface area contributed by atoms with Crippen molar-refractivity contribution in [2.45, 2.75) is 51.9 Å². The van der Waals surface area contributed by atoms with Crippen LogP contribution in [0.25, 0.3) is 11.3 Å². The van der Waals surface area contributed by atoms with E-state index in [2.05, 4.69) is 29.0 Å². The molecule has 3 aromatic rings. The summed E-state index contributed by atoms with van der Waals surface area (Å²) in [4.78, 5) is 19.1. The molecule has 0 N–H and O–H groups in total. The summed E-state index contributed by atoms with van der Waals surface area (Å²) in [5, 5.41) is 8.79. The molecule has 0 radical (unpaired) electrons. The molecule has 6 nitrogen and oxygen atoms in total. The van der Waals surface area contributed by atoms with Crippen LogP contribution in [0.5, 0.6) is 0 Å². The van der Waals surface area contributed by atoms with Crippen LogP contribution in [-0.2, 0) is 5.41 Å². The van der Waals surface area contributed by atoms with Gasteiger partial charge < -0.3 is 9.32 Å². The lowest BCUT2D eigenvalue weighted by molar-refractivity contribution is 0.0645. The number of aryl methyl sites for hydroxylation is 1. The molecule has 2 bridgehead atoms. The molecule has 8 heteroatoms. The Morgan fingerprint density at radius 1 is 1.24 bits per heavy atom. The molecule has 1 aromatic carbocycles. The number of hydrogen-bond donors (Lipinski definition) is 0. The SMILES string of the molecule is CCN(C[C@@]12CC[C@@H](c3cc(-c4c(F)cccc4F)nnc31)C2(C)C)C(=O)c1ncoc1C. The van der Waals surface area contributed by atoms with Crippen LogP contribution in [0, 0.1) is 24.0 Å². The first-order valence-corrected chi connectivity index (χ1v) is 11.2. The number of likely N-dealkylation sites (N-methyl/N-ethyl adjacent to an activating group) is 1. The second kappa shape index (κ2) is 7.43. The summed E-state index contributed by atoms with van der Waals surface area (Å²) in [5.41, 5.74) is 1.54. The van der Waals surface area contributed by atoms with Gasteiger partial charge in [-0.3, -0.25) is 4.79 Å². The van der Waals surface area contributed by atoms with Gasteiger partial charge in [0, 0.05) is 18.5 Å². The zero-order chi connectivity index (χ0) is 23.5. The highest BCUT2D eigenvalue weighted by atomic mass is 19.1. The van der Waals surface area contributed by atoms with E-state index in [1.807, 2.05) is 6.92 Å². The number of carbonyl (C=O) groups is 1. The Kier molecular flexibility index (Phi) is 4.88. The Hall–Kier alpha value is -3.16. The minimum absolute atomic E-state index is 0.158. The van der Waals surface area contributed by atoms with Crippen LogP contribution in [0.3, 0.4) is 0 Å². The number of nitrogens with zero attached hydrogens (tertiary/aromatic N) is 4. The normalized spacial score (nSPS) is 22.4. The van der Waals surface area contributed by atoms with Crippen molar-refractivity contribution < 1.29 is 18.0 Å². The van der Waals surface area contributed by atoms with E-state index in [1.54, 1.807) is 17.9 Å². The third kappa shape index (κ3) is 2.96. The van der Waals surface area contributed by atoms with Crippen LogP contribution < -0.4 is 0 Å². The third-order valence-corrected chi connectivity index (χ3v) is 7.91. The molecule has 1 saturated carbocycles. The molecule has 1 amide bonds. The number of halogens is 2. The molecule has 2 heterocycles. The lowest BCUT2D eigenvalue weighted by atomic mass is 9.68. The average molecular weight is 453 g/mol. The molecular formula is C25H26F2N4O2. The van der Waals surface area contributed by atoms with Gasteiger partial charge in [0.05, 0.1) is 17.0 Å². The maximum atomic E-state index is 14.4. The van der Waals surface area contributed by atoms with Gasteiger partial charge in [-0.25, -0.2) is 13.8 Å². The highest BCUT2D eigenvalue weighted by Crippen LogP contribution is 2.67. The summed E-state index contributed by atoms with van der Waals surface area (Å²) in [7, 11) is 0. The Balaban J connectivity index is 1.57. The molecule has 2 aliphatic carbocycles. The molecule has 0 aliphatic heterocycles. The number of aromatic nitrogens is 3. The number of rotatable bonds is 5. The van der Waals surface area contributed by atoms with Gasteiger partial charge in [0.1, 0.15) is 17.4 Å². The van der Waals surface area contributed by atoms with Gasteiger partial charge in [0.15, 0.2) is 12.1 Å². The summed E-state index contributed by atoms with van der Waals surface area (Å²) < 4.78 is 34.1. The van der Waals surface area contributed by atoms with Gasteiger partial charge in [-0.05, 0) is 61.8 Å². The topological polar surface area (TPSA) is 72.1 Å². The van der Waals surface area contributed by atoms with Crippen LogP contribution in [0.4, 0.5) is 8.78 Å². The second-order valence-electron chi connectivity index (χ2n) is 9.60. The molecule has 2 atom stereocenters. The Labute approximate surface area is 191 Å². The molecule has 33 heavy (non-hydrogen) atoms. The van der Waals surface area contributed by atoms with Gasteiger partial charge in [0.2, 0.25) is 0 Å². The van der Waals surface area contributed by atoms with Gasteiger partial charge in [-0.2, -0.15) is 10.2 Å². The summed E-state index contributed by atoms with van der Waals surface area (Å²) in [6, 6.07) is 5.57. The van der Waals surface area contributed by atoms with Crippen molar-refractivity contribution in [3.8, 4) is 11.3 Å². The van der Waals surface area contributed by atoms with Crippen molar-refractivity contribution in [2.24, 2.45) is 5.41 Å². The molecule has 2 aromatic heterocycles. The predicted molar refractivity (Wildman–Crippen MR) is 118 cm³/mol. The maximum absolute atomic E-state index is 14.4. The van der Waals surface area contributed by atoms with Crippen molar-refractivity contribution in [3.05, 3.63) is 65.0 Å². The monoisotopic (exact) mass is 452 g/mol. The van der Waals surface area contributed by atoms with Crippen LogP contribution in [-0.4, -0.2) is 39.1 Å². The van der Waals surface area contributed by atoms with E-state index in [4.69, 9.17) is 4.42 Å². The van der Waals surface area contributed by atoms with E-state index < -0.39 is 17.0 Å². The van der Waals surface area contributed by atoms with Crippen molar-refractivity contribution in [2.75, 3.05) is 13.1 Å². The van der Waals surface area contributed by atoms with E-state index in [1.165, 1.54) is 24.6 Å². The van der Waals surface area contributed by atoms with E-state index in [0.29, 0.717) is 24.5 Å². The largest absolute Gasteiger partial charge is 0.448 e. The lowest BCUT2D eigenvalue weighted by Gasteiger charge is -2.41. The number of amides is 1. The third-order valence-electron chi connectivity index (χ3n) is 7.91. The zero-order valence-electron chi connectivity index (χ0n) is 19.2. The average Bonchev–Trinajstić information content (AvgIpc) is 3.37. The minimum atomic E-state index is -0.660. The first-order valence-electron chi connectivity index (χ1n) is 11.2. The zero-order valence-corrected chi connectivity index (χ0v) is 19.2. The Bertz CT molecular complexity index is 1230. The van der Waals surface area contributed by atoms with Crippen LogP contribution in [0.2, 0.25) is 0 Å². The number of carbonyl (C=O) groups excluding carboxylic acids is 1. The van der Waals surface area contributed by atoms with Crippen LogP contribution >= 0.6 is 0 Å². The first-order chi connectivity index (χ1) is 15.7. The number of hydrogen-bond acceptors (Lipinski definition) is 5. The van der Waals surface area contributed by atoms with Gasteiger partial charge >= 0.3 is 0 Å². The van der Waals surface area contributed by atoms with E-state index in [9.17, 15) is 13.6 Å². The molecule has 5 rings (SSSR count). The lowest BCUT2D eigenvalue weighted by Crippen LogP contribution is -2.48. The fourth-order valence-electron chi connectivity index (χ4n) is 5.95. The quantitative estimate of drug-likeness (QED) is 0.543. The second-order valence-corrected chi connectivity index (χ2v) is 9.60. The van der Waals surface area contributed by atoms with Crippen molar-refractivity contribution in [1.29, 1.82) is 0 Å². The predicted octanol–water partition coefficient (Wildman–Crippen LogP) is 5.04. The highest BCUT2D eigenvalue weighted by molar-refractivity contribution is 5.93. The Morgan fingerprint density at radius 2 is 1.97 bits per heavy atom. The van der Waals surface area contributed by atoms with Gasteiger partial charge in [-0.15, -0.1) is 0 Å². The molecule has 0 saturated heterocycles.